The fourth-order valence-electron chi connectivity index (χ4n) is 1.95. The molecule has 0 bridgehead atoms. The first kappa shape index (κ1) is 14.1. The molecule has 110 valence electrons. The monoisotopic (exact) mass is 323 g/mol. The van der Waals surface area contributed by atoms with Gasteiger partial charge in [-0.25, -0.2) is 13.4 Å². The maximum absolute atomic E-state index is 12.2. The lowest BCUT2D eigenvalue weighted by Crippen LogP contribution is -2.11. The van der Waals surface area contributed by atoms with Crippen molar-refractivity contribution in [2.45, 2.75) is 10.8 Å². The summed E-state index contributed by atoms with van der Waals surface area (Å²) >= 11 is 1.18. The van der Waals surface area contributed by atoms with E-state index in [1.807, 2.05) is 0 Å². The number of aromatic nitrogens is 2. The number of benzene rings is 1. The second-order valence-electron chi connectivity index (χ2n) is 4.39. The molecular formula is C13H13N3O3S2. The number of thiophene rings is 1. The minimum absolute atomic E-state index is 0.285. The van der Waals surface area contributed by atoms with Gasteiger partial charge in [0.05, 0.1) is 16.7 Å². The molecule has 8 heteroatoms. The van der Waals surface area contributed by atoms with Crippen LogP contribution in [0.15, 0.2) is 39.9 Å². The van der Waals surface area contributed by atoms with Crippen LogP contribution >= 0.6 is 11.3 Å². The minimum Gasteiger partial charge on any atom is -0.377 e. The first-order valence-corrected chi connectivity index (χ1v) is 8.49. The second kappa shape index (κ2) is 5.47. The molecule has 0 radical (unpaired) electrons. The van der Waals surface area contributed by atoms with Crippen LogP contribution in [0.25, 0.3) is 11.0 Å². The molecule has 0 atom stereocenters. The highest BCUT2D eigenvalue weighted by Gasteiger charge is 2.15. The van der Waals surface area contributed by atoms with Crippen LogP contribution in [-0.2, 0) is 21.4 Å². The number of anilines is 1. The number of methoxy groups -OCH3 is 1. The molecule has 0 saturated heterocycles. The Labute approximate surface area is 125 Å². The van der Waals surface area contributed by atoms with E-state index in [1.165, 1.54) is 11.3 Å². The summed E-state index contributed by atoms with van der Waals surface area (Å²) in [5.74, 6) is 0.700. The zero-order chi connectivity index (χ0) is 14.9. The van der Waals surface area contributed by atoms with Crippen LogP contribution < -0.4 is 4.72 Å². The zero-order valence-corrected chi connectivity index (χ0v) is 12.8. The van der Waals surface area contributed by atoms with Gasteiger partial charge in [-0.2, -0.15) is 0 Å². The minimum atomic E-state index is -3.53. The molecule has 0 aliphatic heterocycles. The van der Waals surface area contributed by atoms with Gasteiger partial charge in [0.25, 0.3) is 10.0 Å². The number of nitrogens with one attached hydrogen (secondary N) is 2. The molecule has 0 saturated carbocycles. The predicted octanol–water partition coefficient (Wildman–Crippen LogP) is 2.57. The van der Waals surface area contributed by atoms with Crippen molar-refractivity contribution in [3.63, 3.8) is 0 Å². The first-order chi connectivity index (χ1) is 10.1. The number of aromatic amines is 1. The third kappa shape index (κ3) is 2.92. The summed E-state index contributed by atoms with van der Waals surface area (Å²) in [7, 11) is -1.94. The molecule has 1 aromatic carbocycles. The molecule has 3 aromatic rings. The number of rotatable bonds is 5. The van der Waals surface area contributed by atoms with Crippen molar-refractivity contribution in [3.05, 3.63) is 41.5 Å². The fourth-order valence-corrected chi connectivity index (χ4v) is 4.00. The molecular weight excluding hydrogens is 310 g/mol. The van der Waals surface area contributed by atoms with Crippen LogP contribution in [0.1, 0.15) is 5.82 Å². The van der Waals surface area contributed by atoms with E-state index >= 15 is 0 Å². The highest BCUT2D eigenvalue weighted by molar-refractivity contribution is 7.94. The Kier molecular flexibility index (Phi) is 3.66. The van der Waals surface area contributed by atoms with Crippen LogP contribution in [0.5, 0.6) is 0 Å². The highest BCUT2D eigenvalue weighted by Crippen LogP contribution is 2.22. The van der Waals surface area contributed by atoms with Crippen molar-refractivity contribution < 1.29 is 13.2 Å². The van der Waals surface area contributed by atoms with Gasteiger partial charge in [0.1, 0.15) is 16.6 Å². The number of hydrogen-bond acceptors (Lipinski definition) is 5. The van der Waals surface area contributed by atoms with Crippen molar-refractivity contribution in [3.8, 4) is 0 Å². The summed E-state index contributed by atoms with van der Waals surface area (Å²) < 4.78 is 32.2. The van der Waals surface area contributed by atoms with E-state index in [2.05, 4.69) is 14.7 Å². The molecule has 0 spiro atoms. The third-order valence-corrected chi connectivity index (χ3v) is 5.60. The maximum atomic E-state index is 12.2. The number of nitrogens with zero attached hydrogens (tertiary/aromatic N) is 1. The molecule has 6 nitrogen and oxygen atoms in total. The van der Waals surface area contributed by atoms with Gasteiger partial charge in [0.2, 0.25) is 0 Å². The molecule has 0 fully saturated rings. The Bertz CT molecular complexity index is 854. The van der Waals surface area contributed by atoms with Gasteiger partial charge in [-0.05, 0) is 29.6 Å². The van der Waals surface area contributed by atoms with Gasteiger partial charge < -0.3 is 9.72 Å². The van der Waals surface area contributed by atoms with Gasteiger partial charge in [-0.3, -0.25) is 4.72 Å². The van der Waals surface area contributed by atoms with Gasteiger partial charge in [0, 0.05) is 7.11 Å². The lowest BCUT2D eigenvalue weighted by Gasteiger charge is -2.05. The second-order valence-corrected chi connectivity index (χ2v) is 7.24. The van der Waals surface area contributed by atoms with Crippen molar-refractivity contribution in [1.29, 1.82) is 0 Å². The van der Waals surface area contributed by atoms with Crippen molar-refractivity contribution in [2.24, 2.45) is 0 Å². The molecule has 0 aliphatic carbocycles. The molecule has 0 aliphatic rings. The fraction of sp³-hybridized carbons (Fsp3) is 0.154. The normalized spacial score (nSPS) is 11.9. The molecule has 2 heterocycles. The van der Waals surface area contributed by atoms with Crippen LogP contribution in [-0.4, -0.2) is 25.5 Å². The summed E-state index contributed by atoms with van der Waals surface area (Å²) in [6.07, 6.45) is 0. The molecule has 3 rings (SSSR count). The van der Waals surface area contributed by atoms with E-state index in [9.17, 15) is 8.42 Å². The first-order valence-electron chi connectivity index (χ1n) is 6.12. The van der Waals surface area contributed by atoms with Crippen molar-refractivity contribution >= 4 is 38.1 Å². The third-order valence-electron chi connectivity index (χ3n) is 2.82. The summed E-state index contributed by atoms with van der Waals surface area (Å²) in [5.41, 5.74) is 2.01. The van der Waals surface area contributed by atoms with Crippen LogP contribution in [0.2, 0.25) is 0 Å². The summed E-state index contributed by atoms with van der Waals surface area (Å²) in [5, 5.41) is 1.73. The zero-order valence-electron chi connectivity index (χ0n) is 11.2. The largest absolute Gasteiger partial charge is 0.377 e. The number of sulfonamides is 1. The van der Waals surface area contributed by atoms with Crippen molar-refractivity contribution in [2.75, 3.05) is 11.8 Å². The van der Waals surface area contributed by atoms with E-state index in [1.54, 1.807) is 42.8 Å². The smallest absolute Gasteiger partial charge is 0.271 e. The Balaban J connectivity index is 1.91. The van der Waals surface area contributed by atoms with E-state index in [4.69, 9.17) is 4.74 Å². The lowest BCUT2D eigenvalue weighted by molar-refractivity contribution is 0.179. The molecule has 0 unspecified atom stereocenters. The van der Waals surface area contributed by atoms with E-state index < -0.39 is 10.0 Å². The van der Waals surface area contributed by atoms with Gasteiger partial charge in [-0.15, -0.1) is 11.3 Å². The van der Waals surface area contributed by atoms with Crippen LogP contribution in [0.3, 0.4) is 0 Å². The van der Waals surface area contributed by atoms with Gasteiger partial charge >= 0.3 is 0 Å². The summed E-state index contributed by atoms with van der Waals surface area (Å²) in [6, 6.07) is 8.43. The molecule has 21 heavy (non-hydrogen) atoms. The number of H-pyrrole nitrogens is 1. The summed E-state index contributed by atoms with van der Waals surface area (Å²) in [6.45, 7) is 0.380. The number of imidazole rings is 1. The average Bonchev–Trinajstić information content (AvgIpc) is 3.06. The maximum Gasteiger partial charge on any atom is 0.271 e. The standard InChI is InChI=1S/C13H13N3O3S2/c1-19-8-12-14-10-5-4-9(7-11(10)15-12)16-21(17,18)13-3-2-6-20-13/h2-7,16H,8H2,1H3,(H,14,15). The highest BCUT2D eigenvalue weighted by atomic mass is 32.2. The molecule has 2 aromatic heterocycles. The Hall–Kier alpha value is -1.90. The SMILES string of the molecule is COCc1nc2ccc(NS(=O)(=O)c3cccs3)cc2[nH]1. The molecule has 2 N–H and O–H groups in total. The van der Waals surface area contributed by atoms with E-state index in [-0.39, 0.29) is 4.21 Å². The Morgan fingerprint density at radius 2 is 2.24 bits per heavy atom. The predicted molar refractivity (Wildman–Crippen MR) is 81.9 cm³/mol. The number of fused-ring (bicyclic) bond motifs is 1. The van der Waals surface area contributed by atoms with Crippen LogP contribution in [0, 0.1) is 0 Å². The Morgan fingerprint density at radius 1 is 1.38 bits per heavy atom. The average molecular weight is 323 g/mol. The van der Waals surface area contributed by atoms with Gasteiger partial charge in [-0.1, -0.05) is 6.07 Å². The van der Waals surface area contributed by atoms with Gasteiger partial charge in [0.15, 0.2) is 0 Å². The summed E-state index contributed by atoms with van der Waals surface area (Å²) in [4.78, 5) is 7.42. The molecule has 0 amide bonds. The van der Waals surface area contributed by atoms with E-state index in [0.717, 1.165) is 11.0 Å². The van der Waals surface area contributed by atoms with E-state index in [0.29, 0.717) is 18.1 Å². The Morgan fingerprint density at radius 3 is 2.95 bits per heavy atom. The van der Waals surface area contributed by atoms with Crippen molar-refractivity contribution in [1.82, 2.24) is 9.97 Å². The quantitative estimate of drug-likeness (QED) is 0.756. The number of ether oxygens (including phenoxy) is 1. The lowest BCUT2D eigenvalue weighted by atomic mass is 10.3. The topological polar surface area (TPSA) is 84.1 Å². The van der Waals surface area contributed by atoms with Crippen LogP contribution in [0.4, 0.5) is 5.69 Å². The number of hydrogen-bond donors (Lipinski definition) is 2.